The molecule has 2 aliphatic heterocycles. The third kappa shape index (κ3) is 6.44. The molecule has 4 rings (SSSR count). The van der Waals surface area contributed by atoms with E-state index in [0.29, 0.717) is 49.9 Å². The van der Waals surface area contributed by atoms with E-state index >= 15 is 0 Å². The lowest BCUT2D eigenvalue weighted by Crippen LogP contribution is -2.51. The Hall–Kier alpha value is -2.71. The summed E-state index contributed by atoms with van der Waals surface area (Å²) in [5.41, 5.74) is 3.14. The van der Waals surface area contributed by atoms with Gasteiger partial charge in [-0.2, -0.15) is 0 Å². The van der Waals surface area contributed by atoms with Gasteiger partial charge in [-0.15, -0.1) is 0 Å². The molecule has 0 radical (unpaired) electrons. The molecule has 0 bridgehead atoms. The number of nitrogens with zero attached hydrogens (tertiary/aromatic N) is 3. The number of amides is 2. The normalized spacial score (nSPS) is 21.0. The number of carbonyl (C=O) groups excluding carboxylic acids is 2. The van der Waals surface area contributed by atoms with Crippen molar-refractivity contribution < 1.29 is 18.4 Å². The van der Waals surface area contributed by atoms with Gasteiger partial charge in [-0.3, -0.25) is 14.5 Å². The Morgan fingerprint density at radius 1 is 1.07 bits per heavy atom. The van der Waals surface area contributed by atoms with Crippen LogP contribution in [0.4, 0.5) is 14.5 Å². The van der Waals surface area contributed by atoms with Crippen LogP contribution in [0.25, 0.3) is 0 Å². The van der Waals surface area contributed by atoms with Crippen LogP contribution in [0.1, 0.15) is 69.7 Å². The number of rotatable bonds is 6. The molecule has 2 heterocycles. The van der Waals surface area contributed by atoms with E-state index in [1.165, 1.54) is 19.1 Å². The molecule has 0 aliphatic carbocycles. The van der Waals surface area contributed by atoms with E-state index in [2.05, 4.69) is 35.9 Å². The molecule has 218 valence electrons. The van der Waals surface area contributed by atoms with Crippen LogP contribution in [0.2, 0.25) is 5.02 Å². The Kier molecular flexibility index (Phi) is 9.10. The summed E-state index contributed by atoms with van der Waals surface area (Å²) in [7, 11) is 0. The number of nitrogens with one attached hydrogen (secondary N) is 1. The average Bonchev–Trinajstić information content (AvgIpc) is 3.34. The maximum absolute atomic E-state index is 14.9. The van der Waals surface area contributed by atoms with Crippen molar-refractivity contribution in [1.29, 1.82) is 0 Å². The van der Waals surface area contributed by atoms with Crippen molar-refractivity contribution in [2.24, 2.45) is 5.92 Å². The molecule has 9 heteroatoms. The summed E-state index contributed by atoms with van der Waals surface area (Å²) in [6.45, 7) is 15.1. The molecule has 1 unspecified atom stereocenters. The number of likely N-dealkylation sites (tertiary alicyclic amines) is 1. The molecule has 0 spiro atoms. The largest absolute Gasteiger partial charge is 0.368 e. The summed E-state index contributed by atoms with van der Waals surface area (Å²) < 4.78 is 28.6. The van der Waals surface area contributed by atoms with Crippen LogP contribution >= 0.6 is 11.6 Å². The van der Waals surface area contributed by atoms with Crippen molar-refractivity contribution in [3.8, 4) is 0 Å². The van der Waals surface area contributed by atoms with Gasteiger partial charge in [0.25, 0.3) is 0 Å². The molecule has 1 N–H and O–H groups in total. The quantitative estimate of drug-likeness (QED) is 0.482. The highest BCUT2D eigenvalue weighted by Crippen LogP contribution is 2.39. The summed E-state index contributed by atoms with van der Waals surface area (Å²) in [5.74, 6) is -2.07. The third-order valence-corrected chi connectivity index (χ3v) is 8.76. The van der Waals surface area contributed by atoms with Gasteiger partial charge in [0.15, 0.2) is 0 Å². The van der Waals surface area contributed by atoms with Gasteiger partial charge < -0.3 is 15.1 Å². The zero-order chi connectivity index (χ0) is 29.4. The lowest BCUT2D eigenvalue weighted by Gasteiger charge is -2.39. The van der Waals surface area contributed by atoms with E-state index in [1.54, 1.807) is 0 Å². The summed E-state index contributed by atoms with van der Waals surface area (Å²) in [6, 6.07) is 7.52. The molecule has 2 saturated heterocycles. The number of anilines is 1. The molecule has 40 heavy (non-hydrogen) atoms. The van der Waals surface area contributed by atoms with Crippen LogP contribution < -0.4 is 10.2 Å². The van der Waals surface area contributed by atoms with Gasteiger partial charge in [0.1, 0.15) is 11.6 Å². The number of carbonyl (C=O) groups is 2. The van der Waals surface area contributed by atoms with Gasteiger partial charge in [-0.25, -0.2) is 8.78 Å². The Labute approximate surface area is 241 Å². The second kappa shape index (κ2) is 12.0. The molecule has 2 fully saturated rings. The van der Waals surface area contributed by atoms with Gasteiger partial charge in [0, 0.05) is 74.4 Å². The van der Waals surface area contributed by atoms with Crippen molar-refractivity contribution in [1.82, 2.24) is 15.1 Å². The highest BCUT2D eigenvalue weighted by Gasteiger charge is 2.44. The standard InChI is InChI=1S/C31H41ClF2N4O2/c1-7-28(35-20(3)39)23-14-19(2)26(32)16-29(23)36-10-12-37(13-11-36)30(40)25-18-38(31(4,5)6)17-24(25)22-9-8-21(33)15-27(22)34/h8-9,14-16,24-25,28H,7,10-13,17-18H2,1-6H3,(H,35,39)/t24-,25+,28?/m0/s1. The van der Waals surface area contributed by atoms with E-state index in [9.17, 15) is 18.4 Å². The molecule has 2 aromatic rings. The summed E-state index contributed by atoms with van der Waals surface area (Å²) in [4.78, 5) is 32.1. The SMILES string of the molecule is CCC(NC(C)=O)c1cc(C)c(Cl)cc1N1CCN(C(=O)[C@@H]2CN(C(C)(C)C)C[C@H]2c2ccc(F)cc2F)CC1. The highest BCUT2D eigenvalue weighted by atomic mass is 35.5. The van der Waals surface area contributed by atoms with E-state index in [1.807, 2.05) is 30.9 Å². The second-order valence-electron chi connectivity index (χ2n) is 12.1. The molecule has 2 aliphatic rings. The number of benzene rings is 2. The van der Waals surface area contributed by atoms with E-state index < -0.39 is 17.6 Å². The Morgan fingerprint density at radius 2 is 1.75 bits per heavy atom. The number of piperazine rings is 1. The van der Waals surface area contributed by atoms with Crippen LogP contribution in [-0.2, 0) is 9.59 Å². The Bertz CT molecular complexity index is 1260. The van der Waals surface area contributed by atoms with E-state index in [0.717, 1.165) is 29.3 Å². The van der Waals surface area contributed by atoms with Crippen molar-refractivity contribution in [3.05, 3.63) is 63.7 Å². The summed E-state index contributed by atoms with van der Waals surface area (Å²) >= 11 is 6.53. The molecular weight excluding hydrogens is 534 g/mol. The van der Waals surface area contributed by atoms with Gasteiger partial charge in [-0.05, 0) is 62.9 Å². The number of aryl methyl sites for hydroxylation is 1. The fourth-order valence-corrected chi connectivity index (χ4v) is 6.17. The monoisotopic (exact) mass is 574 g/mol. The maximum atomic E-state index is 14.9. The minimum absolute atomic E-state index is 0.00645. The zero-order valence-corrected chi connectivity index (χ0v) is 25.1. The Morgan fingerprint density at radius 3 is 2.33 bits per heavy atom. The number of halogens is 3. The van der Waals surface area contributed by atoms with Crippen LogP contribution in [0.3, 0.4) is 0 Å². The van der Waals surface area contributed by atoms with Crippen molar-refractivity contribution in [3.63, 3.8) is 0 Å². The zero-order valence-electron chi connectivity index (χ0n) is 24.4. The van der Waals surface area contributed by atoms with Crippen molar-refractivity contribution >= 4 is 29.1 Å². The van der Waals surface area contributed by atoms with Gasteiger partial charge in [0.2, 0.25) is 11.8 Å². The predicted molar refractivity (Wildman–Crippen MR) is 156 cm³/mol. The number of hydrogen-bond donors (Lipinski definition) is 1. The highest BCUT2D eigenvalue weighted by molar-refractivity contribution is 6.31. The van der Waals surface area contributed by atoms with Crippen molar-refractivity contribution in [2.45, 2.75) is 65.5 Å². The molecule has 0 aromatic heterocycles. The third-order valence-electron chi connectivity index (χ3n) is 8.35. The predicted octanol–water partition coefficient (Wildman–Crippen LogP) is 5.68. The van der Waals surface area contributed by atoms with Gasteiger partial charge >= 0.3 is 0 Å². The topological polar surface area (TPSA) is 55.9 Å². The average molecular weight is 575 g/mol. The van der Waals surface area contributed by atoms with Crippen molar-refractivity contribution in [2.75, 3.05) is 44.2 Å². The van der Waals surface area contributed by atoms with Gasteiger partial charge in [-0.1, -0.05) is 30.7 Å². The molecule has 0 saturated carbocycles. The van der Waals surface area contributed by atoms with E-state index in [-0.39, 0.29) is 29.3 Å². The molecular formula is C31H41ClF2N4O2. The van der Waals surface area contributed by atoms with E-state index in [4.69, 9.17) is 11.6 Å². The van der Waals surface area contributed by atoms with Crippen LogP contribution in [0.5, 0.6) is 0 Å². The molecule has 2 amide bonds. The number of hydrogen-bond acceptors (Lipinski definition) is 4. The first-order valence-electron chi connectivity index (χ1n) is 14.1. The first-order chi connectivity index (χ1) is 18.8. The van der Waals surface area contributed by atoms with Crippen LogP contribution in [0, 0.1) is 24.5 Å². The smallest absolute Gasteiger partial charge is 0.227 e. The minimum atomic E-state index is -0.620. The maximum Gasteiger partial charge on any atom is 0.227 e. The summed E-state index contributed by atoms with van der Waals surface area (Å²) in [5, 5.41) is 3.71. The first kappa shape index (κ1) is 30.3. The fraction of sp³-hybridized carbons (Fsp3) is 0.548. The van der Waals surface area contributed by atoms with Crippen LogP contribution in [0.15, 0.2) is 30.3 Å². The second-order valence-corrected chi connectivity index (χ2v) is 12.5. The molecule has 6 nitrogen and oxygen atoms in total. The first-order valence-corrected chi connectivity index (χ1v) is 14.5. The van der Waals surface area contributed by atoms with Crippen LogP contribution in [-0.4, -0.2) is 66.4 Å². The molecule has 2 aromatic carbocycles. The van der Waals surface area contributed by atoms with Gasteiger partial charge in [0.05, 0.1) is 12.0 Å². The lowest BCUT2D eigenvalue weighted by molar-refractivity contribution is -0.136. The Balaban J connectivity index is 1.55. The minimum Gasteiger partial charge on any atom is -0.368 e. The lowest BCUT2D eigenvalue weighted by atomic mass is 9.87. The molecule has 3 atom stereocenters. The summed E-state index contributed by atoms with van der Waals surface area (Å²) in [6.07, 6.45) is 0.736. The fourth-order valence-electron chi connectivity index (χ4n) is 6.01.